The van der Waals surface area contributed by atoms with Crippen LogP contribution in [0, 0.1) is 13.8 Å². The first kappa shape index (κ1) is 20.9. The third-order valence-electron chi connectivity index (χ3n) is 4.60. The molecule has 0 radical (unpaired) electrons. The van der Waals surface area contributed by atoms with Crippen LogP contribution in [-0.2, 0) is 4.79 Å². The van der Waals surface area contributed by atoms with Crippen LogP contribution in [0.4, 0.5) is 11.4 Å². The van der Waals surface area contributed by atoms with E-state index in [1.807, 2.05) is 32.0 Å². The molecule has 0 saturated carbocycles. The van der Waals surface area contributed by atoms with Gasteiger partial charge in [0.1, 0.15) is 11.5 Å². The number of anilines is 2. The average Bonchev–Trinajstić information content (AvgIpc) is 2.75. The van der Waals surface area contributed by atoms with Gasteiger partial charge in [-0.15, -0.1) is 0 Å². The van der Waals surface area contributed by atoms with Gasteiger partial charge in [-0.05, 0) is 73.5 Å². The van der Waals surface area contributed by atoms with Crippen LogP contribution in [0.2, 0.25) is 0 Å². The minimum Gasteiger partial charge on any atom is -0.497 e. The number of nitrogens with one attached hydrogen (secondary N) is 2. The first-order chi connectivity index (χ1) is 14.4. The highest BCUT2D eigenvalue weighted by atomic mass is 16.5. The highest BCUT2D eigenvalue weighted by molar-refractivity contribution is 6.04. The number of hydrogen-bond acceptors (Lipinski definition) is 4. The van der Waals surface area contributed by atoms with E-state index in [2.05, 4.69) is 10.6 Å². The largest absolute Gasteiger partial charge is 0.497 e. The lowest BCUT2D eigenvalue weighted by atomic mass is 10.1. The molecule has 0 aliphatic carbocycles. The fraction of sp³-hybridized carbons (Fsp3) is 0.167. The molecule has 0 spiro atoms. The third-order valence-corrected chi connectivity index (χ3v) is 4.60. The predicted octanol–water partition coefficient (Wildman–Crippen LogP) is 4.58. The number of ether oxygens (including phenoxy) is 2. The van der Waals surface area contributed by atoms with Gasteiger partial charge in [-0.1, -0.05) is 12.1 Å². The van der Waals surface area contributed by atoms with Gasteiger partial charge < -0.3 is 20.1 Å². The number of carbonyl (C=O) groups is 2. The number of benzene rings is 3. The number of hydrogen-bond donors (Lipinski definition) is 2. The molecule has 6 heteroatoms. The Labute approximate surface area is 175 Å². The Morgan fingerprint density at radius 1 is 0.800 bits per heavy atom. The van der Waals surface area contributed by atoms with Crippen molar-refractivity contribution in [2.24, 2.45) is 0 Å². The molecule has 0 unspecified atom stereocenters. The van der Waals surface area contributed by atoms with Crippen LogP contribution >= 0.6 is 0 Å². The molecule has 0 fully saturated rings. The number of rotatable bonds is 7. The van der Waals surface area contributed by atoms with Crippen LogP contribution < -0.4 is 20.1 Å². The maximum absolute atomic E-state index is 12.4. The van der Waals surface area contributed by atoms with Crippen LogP contribution in [0.3, 0.4) is 0 Å². The summed E-state index contributed by atoms with van der Waals surface area (Å²) in [4.78, 5) is 24.5. The molecule has 0 aromatic heterocycles. The topological polar surface area (TPSA) is 76.7 Å². The first-order valence-corrected chi connectivity index (χ1v) is 9.50. The number of aryl methyl sites for hydroxylation is 2. The van der Waals surface area contributed by atoms with Gasteiger partial charge in [0.2, 0.25) is 0 Å². The van der Waals surface area contributed by atoms with E-state index in [-0.39, 0.29) is 18.4 Å². The molecular weight excluding hydrogens is 380 g/mol. The van der Waals surface area contributed by atoms with E-state index in [1.165, 1.54) is 5.56 Å². The standard InChI is InChI=1S/C24H24N2O4/c1-16-7-10-20(13-17(16)2)26-24(28)18-8-11-21(12-9-18)30-15-23(27)25-19-5-4-6-22(14-19)29-3/h4-14H,15H2,1-3H3,(H,25,27)(H,26,28). The van der Waals surface area contributed by atoms with E-state index < -0.39 is 0 Å². The van der Waals surface area contributed by atoms with Crippen molar-refractivity contribution < 1.29 is 19.1 Å². The highest BCUT2D eigenvalue weighted by Gasteiger charge is 2.08. The number of methoxy groups -OCH3 is 1. The summed E-state index contributed by atoms with van der Waals surface area (Å²) < 4.78 is 10.6. The van der Waals surface area contributed by atoms with Crippen LogP contribution in [0.15, 0.2) is 66.7 Å². The molecule has 0 atom stereocenters. The molecule has 30 heavy (non-hydrogen) atoms. The highest BCUT2D eigenvalue weighted by Crippen LogP contribution is 2.18. The van der Waals surface area contributed by atoms with Crippen LogP contribution in [0.25, 0.3) is 0 Å². The van der Waals surface area contributed by atoms with Crippen molar-refractivity contribution in [3.8, 4) is 11.5 Å². The molecule has 2 amide bonds. The van der Waals surface area contributed by atoms with E-state index in [0.717, 1.165) is 11.3 Å². The van der Waals surface area contributed by atoms with Crippen molar-refractivity contribution in [1.29, 1.82) is 0 Å². The second-order valence-corrected chi connectivity index (χ2v) is 6.85. The first-order valence-electron chi connectivity index (χ1n) is 9.50. The summed E-state index contributed by atoms with van der Waals surface area (Å²) >= 11 is 0. The van der Waals surface area contributed by atoms with Gasteiger partial charge in [-0.2, -0.15) is 0 Å². The predicted molar refractivity (Wildman–Crippen MR) is 117 cm³/mol. The van der Waals surface area contributed by atoms with Crippen molar-refractivity contribution in [2.45, 2.75) is 13.8 Å². The summed E-state index contributed by atoms with van der Waals surface area (Å²) in [6, 6.07) is 19.5. The van der Waals surface area contributed by atoms with E-state index in [9.17, 15) is 9.59 Å². The average molecular weight is 404 g/mol. The zero-order valence-electron chi connectivity index (χ0n) is 17.2. The Hall–Kier alpha value is -3.80. The zero-order valence-corrected chi connectivity index (χ0v) is 17.2. The van der Waals surface area contributed by atoms with Crippen LogP contribution in [-0.4, -0.2) is 25.5 Å². The molecule has 0 saturated heterocycles. The molecule has 6 nitrogen and oxygen atoms in total. The molecule has 0 heterocycles. The van der Waals surface area contributed by atoms with Crippen molar-refractivity contribution in [1.82, 2.24) is 0 Å². The molecule has 3 rings (SSSR count). The smallest absolute Gasteiger partial charge is 0.262 e. The van der Waals surface area contributed by atoms with E-state index in [4.69, 9.17) is 9.47 Å². The number of amides is 2. The Morgan fingerprint density at radius 3 is 2.23 bits per heavy atom. The van der Waals surface area contributed by atoms with Gasteiger partial charge in [0, 0.05) is 23.0 Å². The maximum Gasteiger partial charge on any atom is 0.262 e. The van der Waals surface area contributed by atoms with Gasteiger partial charge in [0.25, 0.3) is 11.8 Å². The molecule has 2 N–H and O–H groups in total. The fourth-order valence-electron chi connectivity index (χ4n) is 2.77. The van der Waals surface area contributed by atoms with Gasteiger partial charge in [-0.3, -0.25) is 9.59 Å². The second kappa shape index (κ2) is 9.60. The van der Waals surface area contributed by atoms with Crippen molar-refractivity contribution in [2.75, 3.05) is 24.4 Å². The summed E-state index contributed by atoms with van der Waals surface area (Å²) in [5, 5.41) is 5.62. The Kier molecular flexibility index (Phi) is 6.70. The zero-order chi connectivity index (χ0) is 21.5. The quantitative estimate of drug-likeness (QED) is 0.604. The SMILES string of the molecule is COc1cccc(NC(=O)COc2ccc(C(=O)Nc3ccc(C)c(C)c3)cc2)c1. The Balaban J connectivity index is 1.52. The summed E-state index contributed by atoms with van der Waals surface area (Å²) in [6.45, 7) is 3.88. The Bertz CT molecular complexity index is 1050. The van der Waals surface area contributed by atoms with E-state index >= 15 is 0 Å². The number of carbonyl (C=O) groups excluding carboxylic acids is 2. The lowest BCUT2D eigenvalue weighted by Crippen LogP contribution is -2.20. The molecule has 0 aliphatic rings. The van der Waals surface area contributed by atoms with Gasteiger partial charge in [0.15, 0.2) is 6.61 Å². The second-order valence-electron chi connectivity index (χ2n) is 6.85. The fourth-order valence-corrected chi connectivity index (χ4v) is 2.77. The van der Waals surface area contributed by atoms with Crippen LogP contribution in [0.1, 0.15) is 21.5 Å². The summed E-state index contributed by atoms with van der Waals surface area (Å²) in [6.07, 6.45) is 0. The van der Waals surface area contributed by atoms with Crippen molar-refractivity contribution in [3.63, 3.8) is 0 Å². The summed E-state index contributed by atoms with van der Waals surface area (Å²) in [5.41, 5.74) is 4.16. The summed E-state index contributed by atoms with van der Waals surface area (Å²) in [7, 11) is 1.57. The molecule has 3 aromatic carbocycles. The van der Waals surface area contributed by atoms with Gasteiger partial charge in [-0.25, -0.2) is 0 Å². The lowest BCUT2D eigenvalue weighted by Gasteiger charge is -2.10. The molecule has 154 valence electrons. The van der Waals surface area contributed by atoms with Gasteiger partial charge in [0.05, 0.1) is 7.11 Å². The molecule has 0 bridgehead atoms. The molecular formula is C24H24N2O4. The van der Waals surface area contributed by atoms with Crippen molar-refractivity contribution >= 4 is 23.2 Å². The van der Waals surface area contributed by atoms with E-state index in [0.29, 0.717) is 22.7 Å². The van der Waals surface area contributed by atoms with Gasteiger partial charge >= 0.3 is 0 Å². The lowest BCUT2D eigenvalue weighted by molar-refractivity contribution is -0.118. The monoisotopic (exact) mass is 404 g/mol. The Morgan fingerprint density at radius 2 is 1.53 bits per heavy atom. The third kappa shape index (κ3) is 5.61. The molecule has 3 aromatic rings. The van der Waals surface area contributed by atoms with Crippen LogP contribution in [0.5, 0.6) is 11.5 Å². The normalized spacial score (nSPS) is 10.2. The molecule has 0 aliphatic heterocycles. The minimum absolute atomic E-state index is 0.147. The summed E-state index contributed by atoms with van der Waals surface area (Å²) in [5.74, 6) is 0.655. The minimum atomic E-state index is -0.292. The van der Waals surface area contributed by atoms with E-state index in [1.54, 1.807) is 55.6 Å². The maximum atomic E-state index is 12.4. The van der Waals surface area contributed by atoms with Crippen molar-refractivity contribution in [3.05, 3.63) is 83.4 Å².